The zero-order chi connectivity index (χ0) is 11.5. The lowest BCUT2D eigenvalue weighted by molar-refractivity contribution is -0.138. The number of piperidine rings is 1. The molecule has 1 aliphatic rings. The fourth-order valence-corrected chi connectivity index (χ4v) is 2.13. The summed E-state index contributed by atoms with van der Waals surface area (Å²) in [4.78, 5) is 1.94. The lowest BCUT2D eigenvalue weighted by Crippen LogP contribution is -2.37. The zero-order valence-corrected chi connectivity index (χ0v) is 9.48. The van der Waals surface area contributed by atoms with E-state index in [0.29, 0.717) is 11.8 Å². The second-order valence-electron chi connectivity index (χ2n) is 4.79. The quantitative estimate of drug-likeness (QED) is 0.709. The largest absolute Gasteiger partial charge is 0.390 e. The van der Waals surface area contributed by atoms with E-state index in [4.69, 9.17) is 0 Å². The molecule has 1 rings (SSSR count). The first-order valence-electron chi connectivity index (χ1n) is 5.67. The van der Waals surface area contributed by atoms with Gasteiger partial charge in [0.2, 0.25) is 0 Å². The summed E-state index contributed by atoms with van der Waals surface area (Å²) in [6, 6.07) is 0. The molecule has 1 saturated heterocycles. The van der Waals surface area contributed by atoms with Crippen LogP contribution in [0.15, 0.2) is 0 Å². The average molecular weight is 223 g/mol. The van der Waals surface area contributed by atoms with Crippen LogP contribution in [0.4, 0.5) is 13.2 Å². The highest BCUT2D eigenvalue weighted by Gasteiger charge is 2.29. The van der Waals surface area contributed by atoms with Gasteiger partial charge in [0.25, 0.3) is 0 Å². The Morgan fingerprint density at radius 2 is 1.73 bits per heavy atom. The van der Waals surface area contributed by atoms with Crippen LogP contribution >= 0.6 is 0 Å². The van der Waals surface area contributed by atoms with Crippen LogP contribution in [-0.2, 0) is 0 Å². The molecule has 0 radical (unpaired) electrons. The van der Waals surface area contributed by atoms with Gasteiger partial charge in [-0.1, -0.05) is 13.8 Å². The SMILES string of the molecule is CC(C)C1CCN(CCC(F)(F)F)CC1. The number of likely N-dealkylation sites (tertiary alicyclic amines) is 1. The topological polar surface area (TPSA) is 3.24 Å². The monoisotopic (exact) mass is 223 g/mol. The smallest absolute Gasteiger partial charge is 0.303 e. The lowest BCUT2D eigenvalue weighted by atomic mass is 9.87. The van der Waals surface area contributed by atoms with E-state index in [1.165, 1.54) is 0 Å². The van der Waals surface area contributed by atoms with Crippen molar-refractivity contribution < 1.29 is 13.2 Å². The third kappa shape index (κ3) is 4.87. The van der Waals surface area contributed by atoms with Crippen LogP contribution in [-0.4, -0.2) is 30.7 Å². The highest BCUT2D eigenvalue weighted by molar-refractivity contribution is 4.74. The molecule has 0 aromatic rings. The van der Waals surface area contributed by atoms with E-state index in [9.17, 15) is 13.2 Å². The van der Waals surface area contributed by atoms with E-state index in [1.807, 2.05) is 4.90 Å². The van der Waals surface area contributed by atoms with Crippen LogP contribution < -0.4 is 0 Å². The molecule has 1 nitrogen and oxygen atoms in total. The van der Waals surface area contributed by atoms with Crippen molar-refractivity contribution >= 4 is 0 Å². The van der Waals surface area contributed by atoms with Crippen molar-refractivity contribution in [3.63, 3.8) is 0 Å². The van der Waals surface area contributed by atoms with Gasteiger partial charge >= 0.3 is 6.18 Å². The van der Waals surface area contributed by atoms with Crippen molar-refractivity contribution in [3.05, 3.63) is 0 Å². The molecular formula is C11H20F3N. The fourth-order valence-electron chi connectivity index (χ4n) is 2.13. The van der Waals surface area contributed by atoms with Gasteiger partial charge in [-0.25, -0.2) is 0 Å². The molecule has 90 valence electrons. The van der Waals surface area contributed by atoms with E-state index in [-0.39, 0.29) is 6.54 Å². The summed E-state index contributed by atoms with van der Waals surface area (Å²) in [5.74, 6) is 1.36. The van der Waals surface area contributed by atoms with Crippen LogP contribution in [0.2, 0.25) is 0 Å². The highest BCUT2D eigenvalue weighted by atomic mass is 19.4. The van der Waals surface area contributed by atoms with Crippen LogP contribution in [0, 0.1) is 11.8 Å². The maximum Gasteiger partial charge on any atom is 0.390 e. The number of alkyl halides is 3. The van der Waals surface area contributed by atoms with Gasteiger partial charge in [0.15, 0.2) is 0 Å². The van der Waals surface area contributed by atoms with Gasteiger partial charge in [-0.3, -0.25) is 0 Å². The number of nitrogens with zero attached hydrogens (tertiary/aromatic N) is 1. The molecule has 0 unspecified atom stereocenters. The Labute approximate surface area is 89.6 Å². The standard InChI is InChI=1S/C11H20F3N/c1-9(2)10-3-6-15(7-4-10)8-5-11(12,13)14/h9-10H,3-8H2,1-2H3. The third-order valence-corrected chi connectivity index (χ3v) is 3.29. The van der Waals surface area contributed by atoms with Gasteiger partial charge in [0.05, 0.1) is 6.42 Å². The van der Waals surface area contributed by atoms with E-state index in [0.717, 1.165) is 25.9 Å². The predicted molar refractivity (Wildman–Crippen MR) is 54.7 cm³/mol. The zero-order valence-electron chi connectivity index (χ0n) is 9.48. The number of rotatable bonds is 3. The molecule has 1 aliphatic heterocycles. The number of hydrogen-bond acceptors (Lipinski definition) is 1. The van der Waals surface area contributed by atoms with Gasteiger partial charge in [-0.15, -0.1) is 0 Å². The molecule has 0 spiro atoms. The average Bonchev–Trinajstić information content (AvgIpc) is 2.14. The van der Waals surface area contributed by atoms with Crippen molar-refractivity contribution in [2.45, 2.75) is 39.3 Å². The van der Waals surface area contributed by atoms with E-state index in [2.05, 4.69) is 13.8 Å². The van der Waals surface area contributed by atoms with Gasteiger partial charge in [-0.05, 0) is 37.8 Å². The first kappa shape index (κ1) is 12.8. The maximum absolute atomic E-state index is 12.0. The Morgan fingerprint density at radius 1 is 1.20 bits per heavy atom. The van der Waals surface area contributed by atoms with Crippen LogP contribution in [0.1, 0.15) is 33.1 Å². The molecule has 1 heterocycles. The molecule has 0 saturated carbocycles. The summed E-state index contributed by atoms with van der Waals surface area (Å²) in [5, 5.41) is 0. The van der Waals surface area contributed by atoms with Gasteiger partial charge in [0, 0.05) is 6.54 Å². The van der Waals surface area contributed by atoms with Crippen molar-refractivity contribution in [1.82, 2.24) is 4.90 Å². The van der Waals surface area contributed by atoms with E-state index in [1.54, 1.807) is 0 Å². The molecule has 0 aromatic heterocycles. The van der Waals surface area contributed by atoms with Gasteiger partial charge < -0.3 is 4.90 Å². The Morgan fingerprint density at radius 3 is 2.13 bits per heavy atom. The number of halogens is 3. The van der Waals surface area contributed by atoms with Crippen molar-refractivity contribution in [1.29, 1.82) is 0 Å². The lowest BCUT2D eigenvalue weighted by Gasteiger charge is -2.33. The summed E-state index contributed by atoms with van der Waals surface area (Å²) in [7, 11) is 0. The highest BCUT2D eigenvalue weighted by Crippen LogP contribution is 2.26. The van der Waals surface area contributed by atoms with Gasteiger partial charge in [0.1, 0.15) is 0 Å². The molecule has 1 fully saturated rings. The van der Waals surface area contributed by atoms with Crippen molar-refractivity contribution in [2.75, 3.05) is 19.6 Å². The van der Waals surface area contributed by atoms with E-state index < -0.39 is 12.6 Å². The predicted octanol–water partition coefficient (Wildman–Crippen LogP) is 3.31. The molecule has 0 bridgehead atoms. The molecule has 0 aromatic carbocycles. The summed E-state index contributed by atoms with van der Waals surface area (Å²) in [6.07, 6.45) is -2.57. The summed E-state index contributed by atoms with van der Waals surface area (Å²) < 4.78 is 36.0. The molecule has 0 aliphatic carbocycles. The summed E-state index contributed by atoms with van der Waals surface area (Å²) in [6.45, 7) is 6.22. The first-order valence-corrected chi connectivity index (χ1v) is 5.67. The van der Waals surface area contributed by atoms with Crippen LogP contribution in [0.25, 0.3) is 0 Å². The van der Waals surface area contributed by atoms with Crippen molar-refractivity contribution in [3.8, 4) is 0 Å². The Balaban J connectivity index is 2.20. The fraction of sp³-hybridized carbons (Fsp3) is 1.00. The molecule has 4 heteroatoms. The molecule has 15 heavy (non-hydrogen) atoms. The van der Waals surface area contributed by atoms with Gasteiger partial charge in [-0.2, -0.15) is 13.2 Å². The minimum Gasteiger partial charge on any atom is -0.303 e. The van der Waals surface area contributed by atoms with Crippen molar-refractivity contribution in [2.24, 2.45) is 11.8 Å². The second kappa shape index (κ2) is 5.19. The molecule has 0 amide bonds. The Hall–Kier alpha value is -0.250. The molecule has 0 N–H and O–H groups in total. The minimum atomic E-state index is -4.01. The molecule has 0 atom stereocenters. The molecular weight excluding hydrogens is 203 g/mol. The van der Waals surface area contributed by atoms with E-state index >= 15 is 0 Å². The Kier molecular flexibility index (Phi) is 4.44. The summed E-state index contributed by atoms with van der Waals surface area (Å²) >= 11 is 0. The van der Waals surface area contributed by atoms with Crippen LogP contribution in [0.5, 0.6) is 0 Å². The maximum atomic E-state index is 12.0. The minimum absolute atomic E-state index is 0.175. The van der Waals surface area contributed by atoms with Crippen LogP contribution in [0.3, 0.4) is 0 Å². The Bertz CT molecular complexity index is 181. The summed E-state index contributed by atoms with van der Waals surface area (Å²) in [5.41, 5.74) is 0. The normalized spacial score (nSPS) is 21.2. The number of hydrogen-bond donors (Lipinski definition) is 0. The third-order valence-electron chi connectivity index (χ3n) is 3.29. The second-order valence-corrected chi connectivity index (χ2v) is 4.79. The first-order chi connectivity index (χ1) is 6.88.